The Morgan fingerprint density at radius 2 is 1.45 bits per heavy atom. The van der Waals surface area contributed by atoms with Crippen molar-refractivity contribution in [3.63, 3.8) is 0 Å². The summed E-state index contributed by atoms with van der Waals surface area (Å²) in [6, 6.07) is 0. The number of ether oxygens (including phenoxy) is 2. The van der Waals surface area contributed by atoms with E-state index in [1.807, 2.05) is 7.05 Å². The Kier molecular flexibility index (Phi) is 14.1. The summed E-state index contributed by atoms with van der Waals surface area (Å²) in [5.74, 6) is 0.485. The van der Waals surface area contributed by atoms with Gasteiger partial charge in [-0.1, -0.05) is 0 Å². The van der Waals surface area contributed by atoms with Gasteiger partial charge in [-0.25, -0.2) is 0 Å². The highest BCUT2D eigenvalue weighted by Crippen LogP contribution is 2.05. The predicted octanol–water partition coefficient (Wildman–Crippen LogP) is 1.74. The van der Waals surface area contributed by atoms with Crippen molar-refractivity contribution in [2.24, 2.45) is 0 Å². The molecule has 0 aromatic heterocycles. The first-order valence-corrected chi connectivity index (χ1v) is 7.45. The van der Waals surface area contributed by atoms with Crippen LogP contribution in [0, 0.1) is 0 Å². The summed E-state index contributed by atoms with van der Waals surface area (Å²) >= 11 is 0. The van der Waals surface area contributed by atoms with Gasteiger partial charge in [0.15, 0.2) is 0 Å². The van der Waals surface area contributed by atoms with Gasteiger partial charge in [0.05, 0.1) is 13.2 Å². The second kappa shape index (κ2) is 14.6. The maximum Gasteiger partial charge on any atom is 0.133 e. The molecular weight excluding hydrogens is 258 g/mol. The van der Waals surface area contributed by atoms with Crippen LogP contribution in [0.15, 0.2) is 0 Å². The molecule has 0 heterocycles. The summed E-state index contributed by atoms with van der Waals surface area (Å²) in [5, 5.41) is 3.01. The second-order valence-corrected chi connectivity index (χ2v) is 4.85. The molecule has 0 saturated carbocycles. The van der Waals surface area contributed by atoms with Gasteiger partial charge in [0.2, 0.25) is 0 Å². The van der Waals surface area contributed by atoms with Crippen LogP contribution in [0.2, 0.25) is 0 Å². The van der Waals surface area contributed by atoms with Crippen molar-refractivity contribution in [1.82, 2.24) is 5.32 Å². The maximum atomic E-state index is 11.6. The van der Waals surface area contributed by atoms with Crippen LogP contribution < -0.4 is 5.32 Å². The number of methoxy groups -OCH3 is 1. The summed E-state index contributed by atoms with van der Waals surface area (Å²) in [6.45, 7) is 2.63. The average molecular weight is 287 g/mol. The van der Waals surface area contributed by atoms with Crippen molar-refractivity contribution < 1.29 is 19.1 Å². The molecule has 0 aliphatic heterocycles. The van der Waals surface area contributed by atoms with Gasteiger partial charge in [-0.15, -0.1) is 0 Å². The minimum Gasteiger partial charge on any atom is -0.382 e. The molecule has 0 unspecified atom stereocenters. The van der Waals surface area contributed by atoms with Gasteiger partial charge in [0.1, 0.15) is 11.6 Å². The Balaban J connectivity index is 3.33. The van der Waals surface area contributed by atoms with Crippen LogP contribution in [-0.2, 0) is 19.1 Å². The molecule has 0 saturated heterocycles. The summed E-state index contributed by atoms with van der Waals surface area (Å²) in [7, 11) is 3.51. The first kappa shape index (κ1) is 19.2. The molecular formula is C15H29NO4. The van der Waals surface area contributed by atoms with Gasteiger partial charge in [-0.3, -0.25) is 9.59 Å². The molecule has 0 bridgehead atoms. The fourth-order valence-electron chi connectivity index (χ4n) is 1.81. The zero-order valence-corrected chi connectivity index (χ0v) is 12.9. The lowest BCUT2D eigenvalue weighted by Gasteiger charge is -2.04. The van der Waals surface area contributed by atoms with Crippen molar-refractivity contribution >= 4 is 11.6 Å². The number of rotatable bonds is 15. The maximum absolute atomic E-state index is 11.6. The topological polar surface area (TPSA) is 64.6 Å². The van der Waals surface area contributed by atoms with E-state index in [1.54, 1.807) is 7.11 Å². The molecule has 118 valence electrons. The van der Waals surface area contributed by atoms with Gasteiger partial charge in [-0.05, 0) is 32.9 Å². The SMILES string of the molecule is CNCCCC(=O)CCCC(=O)CCCOCCOC. The summed E-state index contributed by atoms with van der Waals surface area (Å²) in [5.41, 5.74) is 0. The van der Waals surface area contributed by atoms with E-state index in [1.165, 1.54) is 0 Å². The third kappa shape index (κ3) is 13.6. The fourth-order valence-corrected chi connectivity index (χ4v) is 1.81. The monoisotopic (exact) mass is 287 g/mol. The highest BCUT2D eigenvalue weighted by atomic mass is 16.5. The Labute approximate surface area is 122 Å². The van der Waals surface area contributed by atoms with Crippen LogP contribution in [0.3, 0.4) is 0 Å². The zero-order valence-electron chi connectivity index (χ0n) is 12.9. The molecule has 5 heteroatoms. The van der Waals surface area contributed by atoms with Crippen molar-refractivity contribution in [2.75, 3.05) is 40.5 Å². The van der Waals surface area contributed by atoms with Gasteiger partial charge in [-0.2, -0.15) is 0 Å². The highest BCUT2D eigenvalue weighted by Gasteiger charge is 2.05. The van der Waals surface area contributed by atoms with E-state index in [-0.39, 0.29) is 11.6 Å². The molecule has 20 heavy (non-hydrogen) atoms. The van der Waals surface area contributed by atoms with Crippen LogP contribution >= 0.6 is 0 Å². The molecule has 0 aromatic rings. The molecule has 5 nitrogen and oxygen atoms in total. The van der Waals surface area contributed by atoms with Crippen molar-refractivity contribution in [3.8, 4) is 0 Å². The van der Waals surface area contributed by atoms with E-state index < -0.39 is 0 Å². The molecule has 0 spiro atoms. The number of ketones is 2. The largest absolute Gasteiger partial charge is 0.382 e. The number of hydrogen-bond donors (Lipinski definition) is 1. The zero-order chi connectivity index (χ0) is 15.1. The third-order valence-electron chi connectivity index (χ3n) is 2.97. The molecule has 1 N–H and O–H groups in total. The van der Waals surface area contributed by atoms with Crippen LogP contribution in [0.1, 0.15) is 44.9 Å². The standard InChI is InChI=1S/C15H29NO4/c1-16-10-4-8-14(17)6-3-7-15(18)9-5-11-20-13-12-19-2/h16H,3-13H2,1-2H3. The lowest BCUT2D eigenvalue weighted by atomic mass is 10.1. The lowest BCUT2D eigenvalue weighted by Crippen LogP contribution is -2.10. The van der Waals surface area contributed by atoms with Crippen molar-refractivity contribution in [3.05, 3.63) is 0 Å². The quantitative estimate of drug-likeness (QED) is 0.465. The minimum absolute atomic E-state index is 0.225. The number of hydrogen-bond acceptors (Lipinski definition) is 5. The Morgan fingerprint density at radius 3 is 2.05 bits per heavy atom. The molecule has 0 rings (SSSR count). The average Bonchev–Trinajstić information content (AvgIpc) is 2.43. The van der Waals surface area contributed by atoms with E-state index in [0.29, 0.717) is 51.9 Å². The van der Waals surface area contributed by atoms with E-state index in [9.17, 15) is 9.59 Å². The predicted molar refractivity (Wildman–Crippen MR) is 79.0 cm³/mol. The van der Waals surface area contributed by atoms with Crippen LogP contribution in [0.25, 0.3) is 0 Å². The number of carbonyl (C=O) groups is 2. The molecule has 0 aliphatic rings. The Morgan fingerprint density at radius 1 is 0.850 bits per heavy atom. The van der Waals surface area contributed by atoms with Gasteiger partial charge >= 0.3 is 0 Å². The van der Waals surface area contributed by atoms with E-state index in [0.717, 1.165) is 19.4 Å². The molecule has 0 amide bonds. The Bertz CT molecular complexity index is 256. The van der Waals surface area contributed by atoms with Gasteiger partial charge in [0, 0.05) is 39.4 Å². The van der Waals surface area contributed by atoms with E-state index in [2.05, 4.69) is 5.32 Å². The third-order valence-corrected chi connectivity index (χ3v) is 2.97. The van der Waals surface area contributed by atoms with Crippen LogP contribution in [0.5, 0.6) is 0 Å². The number of Topliss-reactive ketones (excluding diaryl/α,β-unsaturated/α-hetero) is 2. The molecule has 0 fully saturated rings. The summed E-state index contributed by atoms with van der Waals surface area (Å²) in [6.07, 6.45) is 4.50. The van der Waals surface area contributed by atoms with E-state index >= 15 is 0 Å². The normalized spacial score (nSPS) is 10.7. The van der Waals surface area contributed by atoms with Gasteiger partial charge in [0.25, 0.3) is 0 Å². The Hall–Kier alpha value is -0.780. The highest BCUT2D eigenvalue weighted by molar-refractivity contribution is 5.81. The summed E-state index contributed by atoms with van der Waals surface area (Å²) in [4.78, 5) is 23.1. The van der Waals surface area contributed by atoms with E-state index in [4.69, 9.17) is 9.47 Å². The van der Waals surface area contributed by atoms with Gasteiger partial charge < -0.3 is 14.8 Å². The minimum atomic E-state index is 0.225. The lowest BCUT2D eigenvalue weighted by molar-refractivity contribution is -0.120. The molecule has 0 aromatic carbocycles. The fraction of sp³-hybridized carbons (Fsp3) is 0.867. The van der Waals surface area contributed by atoms with Crippen LogP contribution in [0.4, 0.5) is 0 Å². The smallest absolute Gasteiger partial charge is 0.133 e. The molecule has 0 atom stereocenters. The van der Waals surface area contributed by atoms with Crippen molar-refractivity contribution in [2.45, 2.75) is 44.9 Å². The first-order chi connectivity index (χ1) is 9.70. The molecule has 0 radical (unpaired) electrons. The first-order valence-electron chi connectivity index (χ1n) is 7.45. The number of nitrogens with one attached hydrogen (secondary N) is 1. The molecule has 0 aliphatic carbocycles. The second-order valence-electron chi connectivity index (χ2n) is 4.85. The van der Waals surface area contributed by atoms with Crippen molar-refractivity contribution in [1.29, 1.82) is 0 Å². The van der Waals surface area contributed by atoms with Crippen LogP contribution in [-0.4, -0.2) is 52.1 Å². The number of carbonyl (C=O) groups excluding carboxylic acids is 2. The summed E-state index contributed by atoms with van der Waals surface area (Å²) < 4.78 is 10.1.